The quantitative estimate of drug-likeness (QED) is 0.625. The molecule has 0 saturated carbocycles. The van der Waals surface area contributed by atoms with Crippen molar-refractivity contribution in [3.8, 4) is 5.75 Å². The van der Waals surface area contributed by atoms with E-state index in [1.807, 2.05) is 30.3 Å². The summed E-state index contributed by atoms with van der Waals surface area (Å²) in [7, 11) is 0. The molecule has 0 N–H and O–H groups in total. The van der Waals surface area contributed by atoms with Crippen molar-refractivity contribution < 1.29 is 4.74 Å². The van der Waals surface area contributed by atoms with Gasteiger partial charge in [-0.3, -0.25) is 4.98 Å². The van der Waals surface area contributed by atoms with Gasteiger partial charge in [0.2, 0.25) is 0 Å². The average molecular weight is 266 g/mol. The molecule has 0 saturated heterocycles. The number of rotatable bonds is 4. The van der Waals surface area contributed by atoms with Gasteiger partial charge >= 0.3 is 0 Å². The van der Waals surface area contributed by atoms with Crippen LogP contribution in [0.1, 0.15) is 6.42 Å². The summed E-state index contributed by atoms with van der Waals surface area (Å²) in [5, 5.41) is 2.11. The summed E-state index contributed by atoms with van der Waals surface area (Å²) in [5.41, 5.74) is 0.980. The van der Waals surface area contributed by atoms with Gasteiger partial charge in [0, 0.05) is 23.0 Å². The average Bonchev–Trinajstić information content (AvgIpc) is 2.29. The molecule has 0 aliphatic heterocycles. The van der Waals surface area contributed by atoms with E-state index in [9.17, 15) is 0 Å². The number of nitrogens with zero attached hydrogens (tertiary/aromatic N) is 1. The topological polar surface area (TPSA) is 22.1 Å². The van der Waals surface area contributed by atoms with Gasteiger partial charge in [-0.15, -0.1) is 0 Å². The Labute approximate surface area is 97.4 Å². The van der Waals surface area contributed by atoms with Crippen LogP contribution >= 0.6 is 15.9 Å². The molecule has 0 radical (unpaired) electrons. The van der Waals surface area contributed by atoms with Crippen LogP contribution in [-0.4, -0.2) is 16.9 Å². The van der Waals surface area contributed by atoms with E-state index in [0.29, 0.717) is 0 Å². The highest BCUT2D eigenvalue weighted by molar-refractivity contribution is 9.09. The number of hydrogen-bond acceptors (Lipinski definition) is 2. The lowest BCUT2D eigenvalue weighted by Crippen LogP contribution is -1.97. The predicted molar refractivity (Wildman–Crippen MR) is 65.6 cm³/mol. The van der Waals surface area contributed by atoms with Gasteiger partial charge in [-0.25, -0.2) is 0 Å². The molecule has 2 nitrogen and oxygen atoms in total. The third kappa shape index (κ3) is 2.69. The molecule has 0 aliphatic carbocycles. The maximum atomic E-state index is 5.58. The molecule has 0 fully saturated rings. The molecule has 2 rings (SSSR count). The lowest BCUT2D eigenvalue weighted by Gasteiger charge is -2.05. The van der Waals surface area contributed by atoms with Gasteiger partial charge in [0.15, 0.2) is 0 Å². The largest absolute Gasteiger partial charge is 0.493 e. The molecule has 0 bridgehead atoms. The van der Waals surface area contributed by atoms with Gasteiger partial charge in [-0.2, -0.15) is 0 Å². The second-order valence-corrected chi connectivity index (χ2v) is 4.04. The van der Waals surface area contributed by atoms with E-state index in [1.54, 1.807) is 6.20 Å². The number of fused-ring (bicyclic) bond motifs is 1. The van der Waals surface area contributed by atoms with Crippen LogP contribution in [0.4, 0.5) is 0 Å². The second kappa shape index (κ2) is 5.12. The van der Waals surface area contributed by atoms with E-state index in [1.165, 1.54) is 0 Å². The number of aromatic nitrogens is 1. The van der Waals surface area contributed by atoms with Crippen molar-refractivity contribution in [2.24, 2.45) is 0 Å². The lowest BCUT2D eigenvalue weighted by molar-refractivity contribution is 0.319. The summed E-state index contributed by atoms with van der Waals surface area (Å²) in [6.07, 6.45) is 2.81. The van der Waals surface area contributed by atoms with Crippen molar-refractivity contribution in [1.29, 1.82) is 0 Å². The van der Waals surface area contributed by atoms with E-state index in [4.69, 9.17) is 4.74 Å². The zero-order valence-corrected chi connectivity index (χ0v) is 9.90. The maximum Gasteiger partial charge on any atom is 0.121 e. The molecule has 0 amide bonds. The summed E-state index contributed by atoms with van der Waals surface area (Å²) in [6.45, 7) is 0.740. The molecule has 3 heteroatoms. The van der Waals surface area contributed by atoms with E-state index in [0.717, 1.165) is 35.0 Å². The Morgan fingerprint density at radius 3 is 3.07 bits per heavy atom. The van der Waals surface area contributed by atoms with Crippen molar-refractivity contribution in [1.82, 2.24) is 4.98 Å². The second-order valence-electron chi connectivity index (χ2n) is 3.25. The van der Waals surface area contributed by atoms with E-state index < -0.39 is 0 Å². The molecule has 0 atom stereocenters. The first-order valence-corrected chi connectivity index (χ1v) is 6.06. The van der Waals surface area contributed by atoms with E-state index in [-0.39, 0.29) is 0 Å². The van der Waals surface area contributed by atoms with Crippen LogP contribution in [0.3, 0.4) is 0 Å². The van der Waals surface area contributed by atoms with E-state index >= 15 is 0 Å². The smallest absolute Gasteiger partial charge is 0.121 e. The summed E-state index contributed by atoms with van der Waals surface area (Å²) in [5.74, 6) is 0.891. The standard InChI is InChI=1S/C12H12BrNO/c13-6-2-8-15-11-5-4-10-3-1-7-14-12(10)9-11/h1,3-5,7,9H,2,6,8H2. The first kappa shape index (κ1) is 10.4. The molecule has 0 aliphatic rings. The number of benzene rings is 1. The fraction of sp³-hybridized carbons (Fsp3) is 0.250. The Morgan fingerprint density at radius 2 is 2.20 bits per heavy atom. The van der Waals surface area contributed by atoms with Gasteiger partial charge in [0.05, 0.1) is 12.1 Å². The van der Waals surface area contributed by atoms with Gasteiger partial charge in [-0.1, -0.05) is 22.0 Å². The Balaban J connectivity index is 2.16. The third-order valence-electron chi connectivity index (χ3n) is 2.12. The van der Waals surface area contributed by atoms with Crippen molar-refractivity contribution in [2.75, 3.05) is 11.9 Å². The number of ether oxygens (including phenoxy) is 1. The Kier molecular flexibility index (Phi) is 3.56. The first-order valence-electron chi connectivity index (χ1n) is 4.94. The highest BCUT2D eigenvalue weighted by Gasteiger charge is 1.97. The molecule has 2 aromatic rings. The van der Waals surface area contributed by atoms with E-state index in [2.05, 4.69) is 20.9 Å². The number of alkyl halides is 1. The van der Waals surface area contributed by atoms with Crippen LogP contribution in [0.2, 0.25) is 0 Å². The Bertz CT molecular complexity index is 444. The van der Waals surface area contributed by atoms with Gasteiger partial charge in [-0.05, 0) is 24.6 Å². The molecule has 0 spiro atoms. The zero-order valence-electron chi connectivity index (χ0n) is 8.32. The van der Waals surface area contributed by atoms with Gasteiger partial charge < -0.3 is 4.74 Å². The van der Waals surface area contributed by atoms with Gasteiger partial charge in [0.1, 0.15) is 5.75 Å². The predicted octanol–water partition coefficient (Wildman–Crippen LogP) is 3.40. The minimum atomic E-state index is 0.740. The highest BCUT2D eigenvalue weighted by Crippen LogP contribution is 2.18. The molecular weight excluding hydrogens is 254 g/mol. The third-order valence-corrected chi connectivity index (χ3v) is 2.68. The summed E-state index contributed by atoms with van der Waals surface area (Å²) in [4.78, 5) is 4.28. The fourth-order valence-corrected chi connectivity index (χ4v) is 1.61. The number of hydrogen-bond donors (Lipinski definition) is 0. The van der Waals surface area contributed by atoms with Crippen LogP contribution < -0.4 is 4.74 Å². The van der Waals surface area contributed by atoms with Crippen LogP contribution in [0.5, 0.6) is 5.75 Å². The van der Waals surface area contributed by atoms with Crippen molar-refractivity contribution in [2.45, 2.75) is 6.42 Å². The minimum absolute atomic E-state index is 0.740. The number of halogens is 1. The van der Waals surface area contributed by atoms with Crippen molar-refractivity contribution >= 4 is 26.8 Å². The van der Waals surface area contributed by atoms with Gasteiger partial charge in [0.25, 0.3) is 0 Å². The molecule has 1 aromatic heterocycles. The molecule has 0 unspecified atom stereocenters. The highest BCUT2D eigenvalue weighted by atomic mass is 79.9. The number of pyridine rings is 1. The summed E-state index contributed by atoms with van der Waals surface area (Å²) in [6, 6.07) is 9.98. The summed E-state index contributed by atoms with van der Waals surface area (Å²) >= 11 is 3.37. The molecule has 15 heavy (non-hydrogen) atoms. The SMILES string of the molecule is BrCCCOc1ccc2cccnc2c1. The molecule has 78 valence electrons. The molecule has 1 heterocycles. The fourth-order valence-electron chi connectivity index (χ4n) is 1.38. The molecule has 1 aromatic carbocycles. The molecular formula is C12H12BrNO. The van der Waals surface area contributed by atoms with Crippen LogP contribution in [0.25, 0.3) is 10.9 Å². The first-order chi connectivity index (χ1) is 7.40. The van der Waals surface area contributed by atoms with Crippen LogP contribution in [0, 0.1) is 0 Å². The normalized spacial score (nSPS) is 10.5. The zero-order chi connectivity index (χ0) is 10.5. The maximum absolute atomic E-state index is 5.58. The summed E-state index contributed by atoms with van der Waals surface area (Å²) < 4.78 is 5.58. The van der Waals surface area contributed by atoms with Crippen molar-refractivity contribution in [3.05, 3.63) is 36.5 Å². The van der Waals surface area contributed by atoms with Crippen molar-refractivity contribution in [3.63, 3.8) is 0 Å². The minimum Gasteiger partial charge on any atom is -0.493 e. The lowest BCUT2D eigenvalue weighted by atomic mass is 10.2. The monoisotopic (exact) mass is 265 g/mol. The Hall–Kier alpha value is -1.09. The van der Waals surface area contributed by atoms with Crippen LogP contribution in [0.15, 0.2) is 36.5 Å². The Morgan fingerprint density at radius 1 is 1.27 bits per heavy atom. The van der Waals surface area contributed by atoms with Crippen LogP contribution in [-0.2, 0) is 0 Å².